The predicted octanol–water partition coefficient (Wildman–Crippen LogP) is 2.09. The van der Waals surface area contributed by atoms with Gasteiger partial charge in [0.1, 0.15) is 0 Å². The van der Waals surface area contributed by atoms with Gasteiger partial charge < -0.3 is 14.6 Å². The van der Waals surface area contributed by atoms with Gasteiger partial charge in [-0.05, 0) is 32.3 Å². The molecular formula is C18H26N2O3. The summed E-state index contributed by atoms with van der Waals surface area (Å²) in [5, 5.41) is 3.19. The summed E-state index contributed by atoms with van der Waals surface area (Å²) in [6.07, 6.45) is 8.06. The van der Waals surface area contributed by atoms with Crippen molar-refractivity contribution in [1.82, 2.24) is 9.88 Å². The van der Waals surface area contributed by atoms with Crippen LogP contribution in [0.25, 0.3) is 0 Å². The van der Waals surface area contributed by atoms with Crippen LogP contribution in [0.2, 0.25) is 0 Å². The molecule has 23 heavy (non-hydrogen) atoms. The molecule has 1 heterocycles. The molecular weight excluding hydrogens is 292 g/mol. The Morgan fingerprint density at radius 3 is 2.87 bits per heavy atom. The highest BCUT2D eigenvalue weighted by Gasteiger charge is 2.57. The normalized spacial score (nSPS) is 25.3. The molecule has 0 bridgehead atoms. The number of carbonyl (C=O) groups excluding carboxylic acids is 1. The van der Waals surface area contributed by atoms with Crippen LogP contribution in [0.1, 0.15) is 45.4 Å². The number of hydrogen-bond donors (Lipinski definition) is 1. The molecule has 5 nitrogen and oxygen atoms in total. The maximum absolute atomic E-state index is 12.3. The maximum Gasteiger partial charge on any atom is 0.250 e. The Balaban J connectivity index is 1.54. The Bertz CT molecular complexity index is 604. The third-order valence-electron chi connectivity index (χ3n) is 5.50. The van der Waals surface area contributed by atoms with E-state index in [0.29, 0.717) is 19.1 Å². The van der Waals surface area contributed by atoms with Gasteiger partial charge >= 0.3 is 0 Å². The van der Waals surface area contributed by atoms with Crippen molar-refractivity contribution in [3.8, 4) is 0 Å². The molecule has 1 amide bonds. The number of ether oxygens (including phenoxy) is 1. The van der Waals surface area contributed by atoms with E-state index in [9.17, 15) is 9.59 Å². The molecule has 1 N–H and O–H groups in total. The average molecular weight is 318 g/mol. The Labute approximate surface area is 137 Å². The smallest absolute Gasteiger partial charge is 0.250 e. The summed E-state index contributed by atoms with van der Waals surface area (Å²) in [5.41, 5.74) is 0.0996. The van der Waals surface area contributed by atoms with Crippen molar-refractivity contribution in [1.29, 1.82) is 0 Å². The maximum atomic E-state index is 12.3. The molecule has 2 saturated carbocycles. The first-order valence-electron chi connectivity index (χ1n) is 8.72. The third kappa shape index (κ3) is 3.20. The van der Waals surface area contributed by atoms with Crippen LogP contribution >= 0.6 is 0 Å². The number of nitrogens with one attached hydrogen (secondary N) is 1. The fourth-order valence-corrected chi connectivity index (χ4v) is 4.22. The highest BCUT2D eigenvalue weighted by atomic mass is 16.5. The molecule has 3 rings (SSSR count). The number of aryl methyl sites for hydroxylation is 1. The van der Waals surface area contributed by atoms with Gasteiger partial charge in [0.2, 0.25) is 5.91 Å². The number of pyridine rings is 1. The second-order valence-electron chi connectivity index (χ2n) is 6.72. The zero-order valence-corrected chi connectivity index (χ0v) is 13.8. The Morgan fingerprint density at radius 2 is 2.17 bits per heavy atom. The molecule has 0 aromatic carbocycles. The number of carbonyl (C=O) groups is 1. The van der Waals surface area contributed by atoms with Crippen LogP contribution in [0, 0.1) is 5.41 Å². The van der Waals surface area contributed by atoms with Crippen molar-refractivity contribution >= 4 is 5.91 Å². The summed E-state index contributed by atoms with van der Waals surface area (Å²) in [7, 11) is 0. The van der Waals surface area contributed by atoms with Crippen LogP contribution in [0.3, 0.4) is 0 Å². The van der Waals surface area contributed by atoms with Crippen LogP contribution in [-0.4, -0.2) is 29.2 Å². The molecule has 5 heteroatoms. The third-order valence-corrected chi connectivity index (χ3v) is 5.50. The molecule has 2 atom stereocenters. The summed E-state index contributed by atoms with van der Waals surface area (Å²) >= 11 is 0. The molecule has 0 unspecified atom stereocenters. The summed E-state index contributed by atoms with van der Waals surface area (Å²) < 4.78 is 7.45. The topological polar surface area (TPSA) is 60.3 Å². The number of nitrogens with zero attached hydrogens (tertiary/aromatic N) is 1. The SMILES string of the molecule is CCO[C@@H]1C[C@@H](NC(=O)CCn2ccccc2=O)C12CCCC2. The van der Waals surface area contributed by atoms with Gasteiger partial charge in [0.15, 0.2) is 0 Å². The first-order chi connectivity index (χ1) is 11.2. The van der Waals surface area contributed by atoms with Crippen LogP contribution in [0.5, 0.6) is 0 Å². The molecule has 2 fully saturated rings. The Kier molecular flexibility index (Phi) is 4.85. The van der Waals surface area contributed by atoms with Crippen LogP contribution < -0.4 is 10.9 Å². The van der Waals surface area contributed by atoms with Gasteiger partial charge in [0.25, 0.3) is 5.56 Å². The van der Waals surface area contributed by atoms with Gasteiger partial charge in [-0.2, -0.15) is 0 Å². The van der Waals surface area contributed by atoms with Crippen LogP contribution in [0.4, 0.5) is 0 Å². The van der Waals surface area contributed by atoms with Crippen molar-refractivity contribution in [2.45, 2.75) is 64.1 Å². The van der Waals surface area contributed by atoms with E-state index in [4.69, 9.17) is 4.74 Å². The quantitative estimate of drug-likeness (QED) is 0.874. The zero-order valence-electron chi connectivity index (χ0n) is 13.8. The molecule has 2 aliphatic carbocycles. The number of hydrogen-bond acceptors (Lipinski definition) is 3. The highest BCUT2D eigenvalue weighted by molar-refractivity contribution is 5.76. The minimum absolute atomic E-state index is 0.0342. The average Bonchev–Trinajstić information content (AvgIpc) is 3.06. The summed E-state index contributed by atoms with van der Waals surface area (Å²) in [4.78, 5) is 23.9. The largest absolute Gasteiger partial charge is 0.378 e. The minimum Gasteiger partial charge on any atom is -0.378 e. The fourth-order valence-electron chi connectivity index (χ4n) is 4.22. The van der Waals surface area contributed by atoms with E-state index >= 15 is 0 Å². The van der Waals surface area contributed by atoms with Gasteiger partial charge in [-0.3, -0.25) is 9.59 Å². The lowest BCUT2D eigenvalue weighted by Gasteiger charge is -2.54. The van der Waals surface area contributed by atoms with Crippen molar-refractivity contribution in [2.24, 2.45) is 5.41 Å². The van der Waals surface area contributed by atoms with Crippen molar-refractivity contribution in [3.05, 3.63) is 34.7 Å². The van der Waals surface area contributed by atoms with E-state index in [-0.39, 0.29) is 22.9 Å². The molecule has 1 aromatic heterocycles. The van der Waals surface area contributed by atoms with E-state index in [1.54, 1.807) is 16.8 Å². The van der Waals surface area contributed by atoms with Crippen LogP contribution in [0.15, 0.2) is 29.2 Å². The van der Waals surface area contributed by atoms with E-state index in [0.717, 1.165) is 25.9 Å². The molecule has 0 aliphatic heterocycles. The number of aromatic nitrogens is 1. The second-order valence-corrected chi connectivity index (χ2v) is 6.72. The second kappa shape index (κ2) is 6.87. The Hall–Kier alpha value is -1.62. The van der Waals surface area contributed by atoms with Gasteiger partial charge in [-0.1, -0.05) is 18.9 Å². The fraction of sp³-hybridized carbons (Fsp3) is 0.667. The Morgan fingerprint density at radius 1 is 1.39 bits per heavy atom. The first kappa shape index (κ1) is 16.2. The summed E-state index contributed by atoms with van der Waals surface area (Å²) in [6, 6.07) is 5.28. The van der Waals surface area contributed by atoms with E-state index in [1.165, 1.54) is 18.9 Å². The van der Waals surface area contributed by atoms with Crippen molar-refractivity contribution in [2.75, 3.05) is 6.61 Å². The molecule has 1 aromatic rings. The minimum atomic E-state index is -0.0624. The standard InChI is InChI=1S/C18H26N2O3/c1-2-23-15-13-14(18(15)9-4-5-10-18)19-16(21)8-12-20-11-6-3-7-17(20)22/h3,6-7,11,14-15H,2,4-5,8-10,12-13H2,1H3,(H,19,21)/t14-,15-/m1/s1. The van der Waals surface area contributed by atoms with E-state index < -0.39 is 0 Å². The number of rotatable bonds is 6. The summed E-state index contributed by atoms with van der Waals surface area (Å²) in [6.45, 7) is 3.20. The van der Waals surface area contributed by atoms with E-state index in [1.807, 2.05) is 13.0 Å². The molecule has 2 aliphatic rings. The summed E-state index contributed by atoms with van der Waals surface area (Å²) in [5.74, 6) is 0.0342. The zero-order chi connectivity index (χ0) is 16.3. The lowest BCUT2D eigenvalue weighted by atomic mass is 9.60. The van der Waals surface area contributed by atoms with Crippen molar-refractivity contribution < 1.29 is 9.53 Å². The van der Waals surface area contributed by atoms with Crippen molar-refractivity contribution in [3.63, 3.8) is 0 Å². The van der Waals surface area contributed by atoms with Gasteiger partial charge in [-0.25, -0.2) is 0 Å². The monoisotopic (exact) mass is 318 g/mol. The van der Waals surface area contributed by atoms with Gasteiger partial charge in [0, 0.05) is 43.3 Å². The lowest BCUT2D eigenvalue weighted by molar-refractivity contribution is -0.144. The lowest BCUT2D eigenvalue weighted by Crippen LogP contribution is -2.63. The highest BCUT2D eigenvalue weighted by Crippen LogP contribution is 2.54. The van der Waals surface area contributed by atoms with Gasteiger partial charge in [-0.15, -0.1) is 0 Å². The molecule has 126 valence electrons. The molecule has 0 radical (unpaired) electrons. The van der Waals surface area contributed by atoms with E-state index in [2.05, 4.69) is 5.32 Å². The molecule has 1 spiro atoms. The molecule has 0 saturated heterocycles. The first-order valence-corrected chi connectivity index (χ1v) is 8.72. The van der Waals surface area contributed by atoms with Gasteiger partial charge in [0.05, 0.1) is 6.10 Å². The van der Waals surface area contributed by atoms with Crippen LogP contribution in [-0.2, 0) is 16.1 Å². The number of amides is 1. The predicted molar refractivity (Wildman–Crippen MR) is 88.2 cm³/mol.